The van der Waals surface area contributed by atoms with Crippen molar-refractivity contribution in [1.29, 1.82) is 0 Å². The van der Waals surface area contributed by atoms with Crippen LogP contribution >= 0.6 is 11.3 Å². The Kier molecular flexibility index (Phi) is 5.10. The largest absolute Gasteiger partial charge is 0.378 e. The predicted octanol–water partition coefficient (Wildman–Crippen LogP) is 2.74. The highest BCUT2D eigenvalue weighted by Gasteiger charge is 2.25. The second-order valence-corrected chi connectivity index (χ2v) is 6.81. The Labute approximate surface area is 134 Å². The summed E-state index contributed by atoms with van der Waals surface area (Å²) < 4.78 is 5.28. The first-order valence-electron chi connectivity index (χ1n) is 8.01. The van der Waals surface area contributed by atoms with Gasteiger partial charge in [0.1, 0.15) is 5.00 Å². The summed E-state index contributed by atoms with van der Waals surface area (Å²) in [7, 11) is 0. The van der Waals surface area contributed by atoms with Crippen molar-refractivity contribution in [1.82, 2.24) is 4.90 Å². The van der Waals surface area contributed by atoms with Crippen molar-refractivity contribution in [2.75, 3.05) is 31.6 Å². The van der Waals surface area contributed by atoms with E-state index in [1.165, 1.54) is 17.8 Å². The molecular formula is C16H22N2O3S. The van der Waals surface area contributed by atoms with Gasteiger partial charge in [0.15, 0.2) is 0 Å². The van der Waals surface area contributed by atoms with Crippen LogP contribution in [0.3, 0.4) is 0 Å². The van der Waals surface area contributed by atoms with Gasteiger partial charge in [-0.3, -0.25) is 9.59 Å². The molecule has 3 rings (SSSR count). The van der Waals surface area contributed by atoms with Crippen LogP contribution in [0.15, 0.2) is 11.4 Å². The second-order valence-electron chi connectivity index (χ2n) is 5.89. The van der Waals surface area contributed by atoms with E-state index in [0.29, 0.717) is 36.9 Å². The molecule has 1 saturated carbocycles. The Bertz CT molecular complexity index is 531. The van der Waals surface area contributed by atoms with E-state index in [1.807, 2.05) is 5.38 Å². The highest BCUT2D eigenvalue weighted by molar-refractivity contribution is 7.14. The van der Waals surface area contributed by atoms with Crippen LogP contribution in [0.5, 0.6) is 0 Å². The van der Waals surface area contributed by atoms with Gasteiger partial charge in [0.05, 0.1) is 18.8 Å². The van der Waals surface area contributed by atoms with Crippen molar-refractivity contribution < 1.29 is 14.3 Å². The molecule has 5 nitrogen and oxygen atoms in total. The Morgan fingerprint density at radius 2 is 1.91 bits per heavy atom. The number of nitrogens with one attached hydrogen (secondary N) is 1. The van der Waals surface area contributed by atoms with Crippen molar-refractivity contribution in [3.63, 3.8) is 0 Å². The van der Waals surface area contributed by atoms with Gasteiger partial charge in [-0.25, -0.2) is 0 Å². The van der Waals surface area contributed by atoms with E-state index < -0.39 is 0 Å². The summed E-state index contributed by atoms with van der Waals surface area (Å²) in [6.45, 7) is 2.40. The first-order chi connectivity index (χ1) is 10.8. The maximum absolute atomic E-state index is 12.6. The van der Waals surface area contributed by atoms with Gasteiger partial charge in [-0.15, -0.1) is 11.3 Å². The lowest BCUT2D eigenvalue weighted by Crippen LogP contribution is -2.40. The molecule has 1 N–H and O–H groups in total. The van der Waals surface area contributed by atoms with Gasteiger partial charge >= 0.3 is 0 Å². The van der Waals surface area contributed by atoms with E-state index >= 15 is 0 Å². The fraction of sp³-hybridized carbons (Fsp3) is 0.625. The molecule has 0 bridgehead atoms. The van der Waals surface area contributed by atoms with E-state index in [9.17, 15) is 9.59 Å². The summed E-state index contributed by atoms with van der Waals surface area (Å²) in [5.41, 5.74) is 0.607. The number of carbonyl (C=O) groups is 2. The van der Waals surface area contributed by atoms with Crippen LogP contribution in [0.25, 0.3) is 0 Å². The van der Waals surface area contributed by atoms with E-state index in [-0.39, 0.29) is 17.7 Å². The molecule has 1 aliphatic carbocycles. The first-order valence-corrected chi connectivity index (χ1v) is 8.89. The first kappa shape index (κ1) is 15.5. The summed E-state index contributed by atoms with van der Waals surface area (Å²) >= 11 is 1.42. The molecule has 2 aliphatic rings. The van der Waals surface area contributed by atoms with Crippen molar-refractivity contribution in [2.45, 2.75) is 32.1 Å². The molecule has 2 amide bonds. The minimum Gasteiger partial charge on any atom is -0.378 e. The Balaban J connectivity index is 1.66. The molecule has 2 fully saturated rings. The SMILES string of the molecule is O=C(Nc1sccc1C(=O)N1CCOCC1)C1CCCCC1. The molecule has 22 heavy (non-hydrogen) atoms. The zero-order valence-electron chi connectivity index (χ0n) is 12.7. The van der Waals surface area contributed by atoms with Crippen molar-refractivity contribution in [3.8, 4) is 0 Å². The summed E-state index contributed by atoms with van der Waals surface area (Å²) in [4.78, 5) is 26.7. The molecule has 0 spiro atoms. The average Bonchev–Trinajstić information content (AvgIpc) is 3.04. The molecule has 120 valence electrons. The summed E-state index contributed by atoms with van der Waals surface area (Å²) in [5.74, 6) is 0.156. The maximum Gasteiger partial charge on any atom is 0.257 e. The number of nitrogens with zero attached hydrogens (tertiary/aromatic N) is 1. The lowest BCUT2D eigenvalue weighted by molar-refractivity contribution is -0.120. The summed E-state index contributed by atoms with van der Waals surface area (Å²) in [5, 5.41) is 5.53. The van der Waals surface area contributed by atoms with Crippen LogP contribution in [0.1, 0.15) is 42.5 Å². The maximum atomic E-state index is 12.6. The van der Waals surface area contributed by atoms with Gasteiger partial charge in [0, 0.05) is 19.0 Å². The molecule has 1 aliphatic heterocycles. The molecule has 2 heterocycles. The van der Waals surface area contributed by atoms with Crippen LogP contribution in [0, 0.1) is 5.92 Å². The van der Waals surface area contributed by atoms with E-state index in [1.54, 1.807) is 11.0 Å². The van der Waals surface area contributed by atoms with Crippen LogP contribution in [0.4, 0.5) is 5.00 Å². The lowest BCUT2D eigenvalue weighted by Gasteiger charge is -2.27. The smallest absolute Gasteiger partial charge is 0.257 e. The average molecular weight is 322 g/mol. The van der Waals surface area contributed by atoms with E-state index in [2.05, 4.69) is 5.32 Å². The van der Waals surface area contributed by atoms with Crippen molar-refractivity contribution in [3.05, 3.63) is 17.0 Å². The number of ether oxygens (including phenoxy) is 1. The number of thiophene rings is 1. The number of carbonyl (C=O) groups excluding carboxylic acids is 2. The second kappa shape index (κ2) is 7.24. The fourth-order valence-corrected chi connectivity index (χ4v) is 3.87. The van der Waals surface area contributed by atoms with Crippen molar-refractivity contribution in [2.24, 2.45) is 5.92 Å². The number of rotatable bonds is 3. The zero-order chi connectivity index (χ0) is 15.4. The lowest BCUT2D eigenvalue weighted by atomic mass is 9.89. The molecule has 1 saturated heterocycles. The highest BCUT2D eigenvalue weighted by atomic mass is 32.1. The molecule has 0 radical (unpaired) electrons. The van der Waals surface area contributed by atoms with Crippen molar-refractivity contribution >= 4 is 28.2 Å². The topological polar surface area (TPSA) is 58.6 Å². The molecule has 0 unspecified atom stereocenters. The minimum absolute atomic E-state index is 0.0107. The van der Waals surface area contributed by atoms with Crippen LogP contribution < -0.4 is 5.32 Å². The van der Waals surface area contributed by atoms with Crippen LogP contribution in [-0.4, -0.2) is 43.0 Å². The number of hydrogen-bond donors (Lipinski definition) is 1. The number of morpholine rings is 1. The Morgan fingerprint density at radius 1 is 1.18 bits per heavy atom. The highest BCUT2D eigenvalue weighted by Crippen LogP contribution is 2.29. The van der Waals surface area contributed by atoms with Crippen LogP contribution in [0.2, 0.25) is 0 Å². The Morgan fingerprint density at radius 3 is 2.64 bits per heavy atom. The Hall–Kier alpha value is -1.40. The van der Waals surface area contributed by atoms with Gasteiger partial charge in [-0.1, -0.05) is 19.3 Å². The van der Waals surface area contributed by atoms with Gasteiger partial charge in [-0.05, 0) is 24.3 Å². The van der Waals surface area contributed by atoms with Gasteiger partial charge in [-0.2, -0.15) is 0 Å². The van der Waals surface area contributed by atoms with Gasteiger partial charge in [0.2, 0.25) is 5.91 Å². The normalized spacial score (nSPS) is 19.9. The molecule has 6 heteroatoms. The molecule has 0 atom stereocenters. The van der Waals surface area contributed by atoms with E-state index in [4.69, 9.17) is 4.74 Å². The summed E-state index contributed by atoms with van der Waals surface area (Å²) in [6.07, 6.45) is 5.40. The third-order valence-corrected chi connectivity index (χ3v) is 5.24. The third-order valence-electron chi connectivity index (χ3n) is 4.41. The standard InChI is InChI=1S/C16H22N2O3S/c19-14(12-4-2-1-3-5-12)17-15-13(6-11-22-15)16(20)18-7-9-21-10-8-18/h6,11-12H,1-5,7-10H2,(H,17,19). The predicted molar refractivity (Wildman–Crippen MR) is 86.2 cm³/mol. The molecule has 0 aromatic carbocycles. The zero-order valence-corrected chi connectivity index (χ0v) is 13.5. The number of hydrogen-bond acceptors (Lipinski definition) is 4. The monoisotopic (exact) mass is 322 g/mol. The van der Waals surface area contributed by atoms with Gasteiger partial charge in [0.25, 0.3) is 5.91 Å². The fourth-order valence-electron chi connectivity index (χ4n) is 3.09. The van der Waals surface area contributed by atoms with Gasteiger partial charge < -0.3 is 15.0 Å². The quantitative estimate of drug-likeness (QED) is 0.931. The molecule has 1 aromatic rings. The molecule has 1 aromatic heterocycles. The van der Waals surface area contributed by atoms with Crippen LogP contribution in [-0.2, 0) is 9.53 Å². The number of anilines is 1. The minimum atomic E-state index is -0.0107. The number of amides is 2. The van der Waals surface area contributed by atoms with E-state index in [0.717, 1.165) is 25.7 Å². The third kappa shape index (κ3) is 3.50. The molecular weight excluding hydrogens is 300 g/mol. The summed E-state index contributed by atoms with van der Waals surface area (Å²) in [6, 6.07) is 1.80.